The van der Waals surface area contributed by atoms with Gasteiger partial charge >= 0.3 is 0 Å². The van der Waals surface area contributed by atoms with Gasteiger partial charge in [0.1, 0.15) is 0 Å². The fraction of sp³-hybridized carbons (Fsp3) is 0.143. The molecule has 0 saturated carbocycles. The first-order valence-electron chi connectivity index (χ1n) is 9.22. The van der Waals surface area contributed by atoms with Crippen LogP contribution in [0.15, 0.2) is 63.9 Å². The van der Waals surface area contributed by atoms with Crippen molar-refractivity contribution in [2.24, 2.45) is 0 Å². The topological polar surface area (TPSA) is 92.3 Å². The summed E-state index contributed by atoms with van der Waals surface area (Å²) in [6, 6.07) is 15.9. The van der Waals surface area contributed by atoms with Crippen LogP contribution in [0.25, 0.3) is 22.6 Å². The summed E-state index contributed by atoms with van der Waals surface area (Å²) >= 11 is 6.01. The average molecular weight is 423 g/mol. The largest absolute Gasteiger partial charge is 0.454 e. The van der Waals surface area contributed by atoms with E-state index in [1.54, 1.807) is 18.2 Å². The van der Waals surface area contributed by atoms with Gasteiger partial charge in [0.25, 0.3) is 5.56 Å². The van der Waals surface area contributed by atoms with Crippen LogP contribution in [0.3, 0.4) is 0 Å². The van der Waals surface area contributed by atoms with Gasteiger partial charge in [-0.25, -0.2) is 4.68 Å². The number of halogens is 1. The highest BCUT2D eigenvalue weighted by Gasteiger charge is 2.15. The fourth-order valence-corrected chi connectivity index (χ4v) is 3.31. The van der Waals surface area contributed by atoms with E-state index in [0.29, 0.717) is 46.9 Å². The van der Waals surface area contributed by atoms with Gasteiger partial charge in [-0.2, -0.15) is 10.1 Å². The lowest BCUT2D eigenvalue weighted by Gasteiger charge is -2.06. The third kappa shape index (κ3) is 3.65. The summed E-state index contributed by atoms with van der Waals surface area (Å²) in [5.41, 5.74) is 2.03. The number of fused-ring (bicyclic) bond motifs is 1. The SMILES string of the molecule is O=c1ccc(-c2ccc3c(c2)OCO3)nn1CCc1nc(-c2cccc(Cl)c2)no1. The molecule has 1 aliphatic rings. The molecule has 0 bridgehead atoms. The van der Waals surface area contributed by atoms with Gasteiger partial charge in [-0.3, -0.25) is 4.79 Å². The molecule has 0 amide bonds. The molecule has 8 nitrogen and oxygen atoms in total. The molecule has 0 N–H and O–H groups in total. The van der Waals surface area contributed by atoms with Crippen LogP contribution in [-0.2, 0) is 13.0 Å². The van der Waals surface area contributed by atoms with E-state index < -0.39 is 0 Å². The standard InChI is InChI=1S/C21H15ClN4O4/c22-15-3-1-2-14(10-15)21-23-19(30-25-21)8-9-26-20(27)7-5-16(24-26)13-4-6-17-18(11-13)29-12-28-17/h1-7,10-11H,8-9,12H2. The Kier molecular flexibility index (Phi) is 4.68. The van der Waals surface area contributed by atoms with Crippen LogP contribution in [0.5, 0.6) is 11.5 Å². The lowest BCUT2D eigenvalue weighted by molar-refractivity contribution is 0.174. The zero-order valence-electron chi connectivity index (χ0n) is 15.6. The molecule has 2 aromatic carbocycles. The van der Waals surface area contributed by atoms with Gasteiger partial charge in [0.15, 0.2) is 11.5 Å². The van der Waals surface area contributed by atoms with Crippen LogP contribution in [0, 0.1) is 0 Å². The number of ether oxygens (including phenoxy) is 2. The maximum atomic E-state index is 12.2. The summed E-state index contributed by atoms with van der Waals surface area (Å²) in [6.45, 7) is 0.501. The monoisotopic (exact) mass is 422 g/mol. The van der Waals surface area contributed by atoms with Gasteiger partial charge < -0.3 is 14.0 Å². The third-order valence-corrected chi connectivity index (χ3v) is 4.86. The van der Waals surface area contributed by atoms with E-state index in [-0.39, 0.29) is 12.4 Å². The summed E-state index contributed by atoms with van der Waals surface area (Å²) in [7, 11) is 0. The van der Waals surface area contributed by atoms with Gasteiger partial charge in [0.2, 0.25) is 18.5 Å². The van der Waals surface area contributed by atoms with Crippen molar-refractivity contribution in [1.82, 2.24) is 19.9 Å². The Morgan fingerprint density at radius 2 is 1.90 bits per heavy atom. The maximum absolute atomic E-state index is 12.2. The molecule has 9 heteroatoms. The quantitative estimate of drug-likeness (QED) is 0.485. The maximum Gasteiger partial charge on any atom is 0.266 e. The Labute approximate surface area is 175 Å². The highest BCUT2D eigenvalue weighted by molar-refractivity contribution is 6.30. The Morgan fingerprint density at radius 1 is 1.00 bits per heavy atom. The van der Waals surface area contributed by atoms with Crippen molar-refractivity contribution in [2.75, 3.05) is 6.79 Å². The Morgan fingerprint density at radius 3 is 2.80 bits per heavy atom. The first kappa shape index (κ1) is 18.4. The zero-order valence-corrected chi connectivity index (χ0v) is 16.4. The molecular formula is C21H15ClN4O4. The molecule has 4 aromatic rings. The predicted octanol–water partition coefficient (Wildman–Crippen LogP) is 3.59. The molecule has 0 unspecified atom stereocenters. The Balaban J connectivity index is 1.34. The van der Waals surface area contributed by atoms with Gasteiger partial charge in [-0.05, 0) is 36.4 Å². The summed E-state index contributed by atoms with van der Waals surface area (Å²) in [5, 5.41) is 9.04. The second kappa shape index (κ2) is 7.64. The first-order chi connectivity index (χ1) is 14.7. The molecule has 0 saturated heterocycles. The van der Waals surface area contributed by atoms with Crippen LogP contribution in [-0.4, -0.2) is 26.7 Å². The summed E-state index contributed by atoms with van der Waals surface area (Å²) in [6.07, 6.45) is 0.366. The number of aromatic nitrogens is 4. The van der Waals surface area contributed by atoms with Crippen LogP contribution < -0.4 is 15.0 Å². The molecule has 3 heterocycles. The first-order valence-corrected chi connectivity index (χ1v) is 9.60. The van der Waals surface area contributed by atoms with E-state index >= 15 is 0 Å². The molecule has 0 fully saturated rings. The van der Waals surface area contributed by atoms with Crippen molar-refractivity contribution >= 4 is 11.6 Å². The number of benzene rings is 2. The second-order valence-corrected chi connectivity index (χ2v) is 7.06. The van der Waals surface area contributed by atoms with Gasteiger partial charge in [0, 0.05) is 28.6 Å². The van der Waals surface area contributed by atoms with Crippen molar-refractivity contribution in [2.45, 2.75) is 13.0 Å². The van der Waals surface area contributed by atoms with E-state index in [1.165, 1.54) is 10.7 Å². The third-order valence-electron chi connectivity index (χ3n) is 4.62. The number of nitrogens with zero attached hydrogens (tertiary/aromatic N) is 4. The normalized spacial score (nSPS) is 12.3. The van der Waals surface area contributed by atoms with Crippen LogP contribution >= 0.6 is 11.6 Å². The molecule has 150 valence electrons. The van der Waals surface area contributed by atoms with Crippen LogP contribution in [0.1, 0.15) is 5.89 Å². The molecule has 0 atom stereocenters. The molecular weight excluding hydrogens is 408 g/mol. The van der Waals surface area contributed by atoms with Crippen LogP contribution in [0.4, 0.5) is 0 Å². The lowest BCUT2D eigenvalue weighted by atomic mass is 10.1. The van der Waals surface area contributed by atoms with Gasteiger partial charge in [-0.1, -0.05) is 28.9 Å². The molecule has 0 aliphatic carbocycles. The van der Waals surface area contributed by atoms with Crippen molar-refractivity contribution in [3.05, 3.63) is 75.9 Å². The van der Waals surface area contributed by atoms with Crippen molar-refractivity contribution in [3.63, 3.8) is 0 Å². The van der Waals surface area contributed by atoms with E-state index in [9.17, 15) is 4.79 Å². The van der Waals surface area contributed by atoms with Crippen molar-refractivity contribution in [3.8, 4) is 34.1 Å². The lowest BCUT2D eigenvalue weighted by Crippen LogP contribution is -2.23. The number of rotatable bonds is 5. The summed E-state index contributed by atoms with van der Waals surface area (Å²) in [5.74, 6) is 2.21. The van der Waals surface area contributed by atoms with Gasteiger partial charge in [0.05, 0.1) is 12.2 Å². The molecule has 2 aromatic heterocycles. The zero-order chi connectivity index (χ0) is 20.5. The second-order valence-electron chi connectivity index (χ2n) is 6.62. The number of hydrogen-bond donors (Lipinski definition) is 0. The van der Waals surface area contributed by atoms with Crippen LogP contribution in [0.2, 0.25) is 5.02 Å². The van der Waals surface area contributed by atoms with E-state index in [0.717, 1.165) is 11.1 Å². The molecule has 1 aliphatic heterocycles. The Hall–Kier alpha value is -3.65. The minimum atomic E-state index is -0.214. The molecule has 30 heavy (non-hydrogen) atoms. The van der Waals surface area contributed by atoms with Gasteiger partial charge in [-0.15, -0.1) is 0 Å². The Bertz CT molecular complexity index is 1280. The average Bonchev–Trinajstić information content (AvgIpc) is 3.42. The molecule has 5 rings (SSSR count). The highest BCUT2D eigenvalue weighted by atomic mass is 35.5. The summed E-state index contributed by atoms with van der Waals surface area (Å²) in [4.78, 5) is 16.6. The van der Waals surface area contributed by atoms with E-state index in [2.05, 4.69) is 15.2 Å². The fourth-order valence-electron chi connectivity index (χ4n) is 3.12. The number of aryl methyl sites for hydroxylation is 2. The number of hydrogen-bond acceptors (Lipinski definition) is 7. The predicted molar refractivity (Wildman–Crippen MR) is 109 cm³/mol. The van der Waals surface area contributed by atoms with Crippen molar-refractivity contribution < 1.29 is 14.0 Å². The highest BCUT2D eigenvalue weighted by Crippen LogP contribution is 2.35. The van der Waals surface area contributed by atoms with E-state index in [1.807, 2.05) is 30.3 Å². The van der Waals surface area contributed by atoms with E-state index in [4.69, 9.17) is 25.6 Å². The molecule has 0 spiro atoms. The smallest absolute Gasteiger partial charge is 0.266 e. The minimum Gasteiger partial charge on any atom is -0.454 e. The molecule has 0 radical (unpaired) electrons. The van der Waals surface area contributed by atoms with Crippen molar-refractivity contribution in [1.29, 1.82) is 0 Å². The summed E-state index contributed by atoms with van der Waals surface area (Å²) < 4.78 is 17.4. The minimum absolute atomic E-state index is 0.201.